The molecule has 0 radical (unpaired) electrons. The fourth-order valence-corrected chi connectivity index (χ4v) is 3.62. The molecule has 0 aromatic heterocycles. The number of aryl methyl sites for hydroxylation is 2. The third kappa shape index (κ3) is 6.07. The summed E-state index contributed by atoms with van der Waals surface area (Å²) in [6.45, 7) is 4.95. The number of urea groups is 1. The second-order valence-electron chi connectivity index (χ2n) is 7.68. The lowest BCUT2D eigenvalue weighted by atomic mass is 10.1. The summed E-state index contributed by atoms with van der Waals surface area (Å²) < 4.78 is 0. The van der Waals surface area contributed by atoms with Gasteiger partial charge in [0.1, 0.15) is 0 Å². The van der Waals surface area contributed by atoms with Crippen molar-refractivity contribution in [2.24, 2.45) is 0 Å². The number of amides is 4. The largest absolute Gasteiger partial charge is 0.343 e. The molecule has 158 valence electrons. The molecule has 7 heteroatoms. The first-order valence-corrected chi connectivity index (χ1v) is 10.2. The summed E-state index contributed by atoms with van der Waals surface area (Å²) in [7, 11) is 0. The van der Waals surface area contributed by atoms with Gasteiger partial charge in [-0.2, -0.15) is 0 Å². The van der Waals surface area contributed by atoms with E-state index in [2.05, 4.69) is 16.0 Å². The van der Waals surface area contributed by atoms with E-state index in [4.69, 9.17) is 0 Å². The van der Waals surface area contributed by atoms with Gasteiger partial charge in [-0.1, -0.05) is 35.4 Å². The van der Waals surface area contributed by atoms with Crippen molar-refractivity contribution in [3.05, 3.63) is 65.2 Å². The Labute approximate surface area is 176 Å². The third-order valence-corrected chi connectivity index (χ3v) is 5.10. The second-order valence-corrected chi connectivity index (χ2v) is 7.68. The van der Waals surface area contributed by atoms with Crippen LogP contribution in [0.5, 0.6) is 0 Å². The molecule has 0 spiro atoms. The Hall–Kier alpha value is -3.35. The van der Waals surface area contributed by atoms with Gasteiger partial charge >= 0.3 is 6.03 Å². The maximum absolute atomic E-state index is 12.4. The number of hydrogen-bond donors (Lipinski definition) is 3. The number of para-hydroxylation sites is 1. The fourth-order valence-electron chi connectivity index (χ4n) is 3.62. The summed E-state index contributed by atoms with van der Waals surface area (Å²) in [5.41, 5.74) is 3.32. The summed E-state index contributed by atoms with van der Waals surface area (Å²) in [5, 5.41) is 8.46. The number of anilines is 1. The third-order valence-electron chi connectivity index (χ3n) is 5.10. The molecule has 1 fully saturated rings. The number of hydrogen-bond acceptors (Lipinski definition) is 3. The topological polar surface area (TPSA) is 90.5 Å². The molecule has 3 N–H and O–H groups in total. The number of benzene rings is 2. The number of nitrogens with zero attached hydrogens (tertiary/aromatic N) is 1. The first-order chi connectivity index (χ1) is 14.4. The van der Waals surface area contributed by atoms with Gasteiger partial charge in [0, 0.05) is 30.4 Å². The molecule has 3 rings (SSSR count). The van der Waals surface area contributed by atoms with E-state index in [0.717, 1.165) is 16.8 Å². The van der Waals surface area contributed by atoms with Crippen molar-refractivity contribution in [1.82, 2.24) is 15.5 Å². The molecule has 0 atom stereocenters. The Bertz CT molecular complexity index is 886. The number of carbonyl (C=O) groups is 3. The molecule has 0 bridgehead atoms. The van der Waals surface area contributed by atoms with E-state index >= 15 is 0 Å². The van der Waals surface area contributed by atoms with Crippen LogP contribution in [0.25, 0.3) is 0 Å². The van der Waals surface area contributed by atoms with Gasteiger partial charge in [-0.15, -0.1) is 0 Å². The quantitative estimate of drug-likeness (QED) is 0.711. The Morgan fingerprint density at radius 2 is 1.60 bits per heavy atom. The molecule has 2 aromatic carbocycles. The summed E-state index contributed by atoms with van der Waals surface area (Å²) in [6.07, 6.45) is 1.36. The van der Waals surface area contributed by atoms with Gasteiger partial charge in [0.25, 0.3) is 5.91 Å². The highest BCUT2D eigenvalue weighted by Crippen LogP contribution is 2.12. The van der Waals surface area contributed by atoms with E-state index < -0.39 is 0 Å². The van der Waals surface area contributed by atoms with Crippen LogP contribution < -0.4 is 16.0 Å². The average Bonchev–Trinajstić information content (AvgIpc) is 2.72. The van der Waals surface area contributed by atoms with E-state index in [9.17, 15) is 14.4 Å². The normalized spacial score (nSPS) is 14.1. The average molecular weight is 409 g/mol. The zero-order valence-corrected chi connectivity index (χ0v) is 17.4. The highest BCUT2D eigenvalue weighted by molar-refractivity contribution is 5.96. The Kier molecular flexibility index (Phi) is 7.06. The van der Waals surface area contributed by atoms with Crippen molar-refractivity contribution in [2.75, 3.05) is 25.0 Å². The predicted molar refractivity (Wildman–Crippen MR) is 116 cm³/mol. The molecule has 1 saturated heterocycles. The zero-order valence-electron chi connectivity index (χ0n) is 17.4. The molecule has 4 amide bonds. The predicted octanol–water partition coefficient (Wildman–Crippen LogP) is 2.85. The molecule has 7 nitrogen and oxygen atoms in total. The van der Waals surface area contributed by atoms with Crippen LogP contribution in [0.3, 0.4) is 0 Å². The molecule has 0 aliphatic carbocycles. The van der Waals surface area contributed by atoms with Crippen molar-refractivity contribution in [3.8, 4) is 0 Å². The van der Waals surface area contributed by atoms with E-state index in [-0.39, 0.29) is 30.4 Å². The van der Waals surface area contributed by atoms with Crippen LogP contribution in [0.15, 0.2) is 48.5 Å². The van der Waals surface area contributed by atoms with E-state index in [1.807, 2.05) is 62.4 Å². The molecule has 1 aliphatic heterocycles. The Morgan fingerprint density at radius 1 is 0.967 bits per heavy atom. The number of nitrogens with one attached hydrogen (secondary N) is 3. The molecule has 2 aromatic rings. The van der Waals surface area contributed by atoms with Gasteiger partial charge in [0.15, 0.2) is 0 Å². The standard InChI is InChI=1S/C23H28N4O3/c1-16-12-17(2)14-18(13-16)22(29)24-15-21(28)27-10-8-20(9-11-27)26-23(30)25-19-6-4-3-5-7-19/h3-7,12-14,20H,8-11,15H2,1-2H3,(H,24,29)(H2,25,26,30). The van der Waals surface area contributed by atoms with Gasteiger partial charge in [0.2, 0.25) is 5.91 Å². The molecule has 1 aliphatic rings. The lowest BCUT2D eigenvalue weighted by Crippen LogP contribution is -2.49. The van der Waals surface area contributed by atoms with Crippen LogP contribution in [0, 0.1) is 13.8 Å². The Morgan fingerprint density at radius 3 is 2.23 bits per heavy atom. The van der Waals surface area contributed by atoms with Crippen LogP contribution >= 0.6 is 0 Å². The number of rotatable bonds is 5. The van der Waals surface area contributed by atoms with E-state index in [1.165, 1.54) is 0 Å². The minimum absolute atomic E-state index is 0.0163. The highest BCUT2D eigenvalue weighted by Gasteiger charge is 2.24. The van der Waals surface area contributed by atoms with E-state index in [1.54, 1.807) is 4.90 Å². The first kappa shape index (κ1) is 21.4. The summed E-state index contributed by atoms with van der Waals surface area (Å²) in [4.78, 5) is 38.6. The lowest BCUT2D eigenvalue weighted by Gasteiger charge is -2.32. The summed E-state index contributed by atoms with van der Waals surface area (Å²) >= 11 is 0. The van der Waals surface area contributed by atoms with Gasteiger partial charge in [-0.3, -0.25) is 9.59 Å². The monoisotopic (exact) mass is 408 g/mol. The number of carbonyl (C=O) groups excluding carboxylic acids is 3. The van der Waals surface area contributed by atoms with Crippen molar-refractivity contribution in [3.63, 3.8) is 0 Å². The molecule has 30 heavy (non-hydrogen) atoms. The van der Waals surface area contributed by atoms with Crippen LogP contribution in [-0.2, 0) is 4.79 Å². The van der Waals surface area contributed by atoms with Crippen LogP contribution in [0.2, 0.25) is 0 Å². The minimum Gasteiger partial charge on any atom is -0.343 e. The van der Waals surface area contributed by atoms with Crippen LogP contribution in [0.4, 0.5) is 10.5 Å². The maximum Gasteiger partial charge on any atom is 0.319 e. The smallest absolute Gasteiger partial charge is 0.319 e. The Balaban J connectivity index is 1.40. The summed E-state index contributed by atoms with van der Waals surface area (Å²) in [5.74, 6) is -0.357. The first-order valence-electron chi connectivity index (χ1n) is 10.2. The van der Waals surface area contributed by atoms with Crippen molar-refractivity contribution in [1.29, 1.82) is 0 Å². The van der Waals surface area contributed by atoms with Crippen LogP contribution in [0.1, 0.15) is 34.3 Å². The summed E-state index contributed by atoms with van der Waals surface area (Å²) in [6, 6.07) is 14.7. The maximum atomic E-state index is 12.4. The molecule has 0 saturated carbocycles. The highest BCUT2D eigenvalue weighted by atomic mass is 16.2. The number of likely N-dealkylation sites (tertiary alicyclic amines) is 1. The van der Waals surface area contributed by atoms with Gasteiger partial charge < -0.3 is 20.9 Å². The lowest BCUT2D eigenvalue weighted by molar-refractivity contribution is -0.131. The van der Waals surface area contributed by atoms with Gasteiger partial charge in [-0.25, -0.2) is 4.79 Å². The molecular formula is C23H28N4O3. The zero-order chi connectivity index (χ0) is 21.5. The van der Waals surface area contributed by atoms with Gasteiger partial charge in [0.05, 0.1) is 6.54 Å². The fraction of sp³-hybridized carbons (Fsp3) is 0.348. The molecule has 0 unspecified atom stereocenters. The number of piperidine rings is 1. The molecular weight excluding hydrogens is 380 g/mol. The molecule has 1 heterocycles. The van der Waals surface area contributed by atoms with E-state index in [0.29, 0.717) is 31.5 Å². The van der Waals surface area contributed by atoms with Crippen molar-refractivity contribution < 1.29 is 14.4 Å². The van der Waals surface area contributed by atoms with Gasteiger partial charge in [-0.05, 0) is 51.0 Å². The minimum atomic E-state index is -0.246. The second kappa shape index (κ2) is 9.91. The van der Waals surface area contributed by atoms with Crippen molar-refractivity contribution >= 4 is 23.5 Å². The SMILES string of the molecule is Cc1cc(C)cc(C(=O)NCC(=O)N2CCC(NC(=O)Nc3ccccc3)CC2)c1. The van der Waals surface area contributed by atoms with Crippen LogP contribution in [-0.4, -0.2) is 48.4 Å². The van der Waals surface area contributed by atoms with Crippen molar-refractivity contribution in [2.45, 2.75) is 32.7 Å².